The van der Waals surface area contributed by atoms with E-state index in [0.29, 0.717) is 5.75 Å². The van der Waals surface area contributed by atoms with Gasteiger partial charge in [0.15, 0.2) is 0 Å². The monoisotopic (exact) mass is 338 g/mol. The molecule has 0 saturated carbocycles. The van der Waals surface area contributed by atoms with Crippen LogP contribution >= 0.6 is 11.3 Å². The molecule has 0 radical (unpaired) electrons. The Bertz CT molecular complexity index is 724. The average molecular weight is 339 g/mol. The lowest BCUT2D eigenvalue weighted by Gasteiger charge is -2.14. The SMILES string of the molecule is CCCCc1ccccc1-c1c(C)cccc1C.Oc1ccsc1. The van der Waals surface area contributed by atoms with Gasteiger partial charge in [-0.1, -0.05) is 55.8 Å². The highest BCUT2D eigenvalue weighted by atomic mass is 32.1. The summed E-state index contributed by atoms with van der Waals surface area (Å²) < 4.78 is 0. The number of benzene rings is 2. The summed E-state index contributed by atoms with van der Waals surface area (Å²) in [5.74, 6) is 0.361. The number of thiophene rings is 1. The number of aryl methyl sites for hydroxylation is 3. The molecule has 3 aromatic rings. The van der Waals surface area contributed by atoms with Gasteiger partial charge in [0.25, 0.3) is 0 Å². The van der Waals surface area contributed by atoms with Gasteiger partial charge in [0.05, 0.1) is 0 Å². The third-order valence-electron chi connectivity index (χ3n) is 4.07. The van der Waals surface area contributed by atoms with Gasteiger partial charge in [0.1, 0.15) is 5.75 Å². The molecule has 0 aliphatic rings. The second kappa shape index (κ2) is 9.29. The van der Waals surface area contributed by atoms with Gasteiger partial charge >= 0.3 is 0 Å². The van der Waals surface area contributed by atoms with Crippen LogP contribution in [0.1, 0.15) is 36.5 Å². The highest BCUT2D eigenvalue weighted by molar-refractivity contribution is 7.08. The summed E-state index contributed by atoms with van der Waals surface area (Å²) in [5.41, 5.74) is 7.07. The van der Waals surface area contributed by atoms with Crippen molar-refractivity contribution in [1.82, 2.24) is 0 Å². The number of hydrogen-bond acceptors (Lipinski definition) is 2. The van der Waals surface area contributed by atoms with Gasteiger partial charge in [0.2, 0.25) is 0 Å². The first-order valence-corrected chi connectivity index (χ1v) is 9.43. The molecule has 24 heavy (non-hydrogen) atoms. The Morgan fingerprint density at radius 3 is 2.17 bits per heavy atom. The van der Waals surface area contributed by atoms with Crippen LogP contribution in [-0.2, 0) is 6.42 Å². The van der Waals surface area contributed by atoms with Crippen molar-refractivity contribution in [3.05, 3.63) is 76.0 Å². The third kappa shape index (κ3) is 4.97. The number of unbranched alkanes of at least 4 members (excludes halogenated alkanes) is 1. The van der Waals surface area contributed by atoms with Crippen LogP contribution < -0.4 is 0 Å². The second-order valence-electron chi connectivity index (χ2n) is 6.01. The molecule has 3 rings (SSSR count). The second-order valence-corrected chi connectivity index (χ2v) is 6.79. The van der Waals surface area contributed by atoms with E-state index in [4.69, 9.17) is 5.11 Å². The van der Waals surface area contributed by atoms with Crippen LogP contribution in [0.5, 0.6) is 5.75 Å². The van der Waals surface area contributed by atoms with Crippen molar-refractivity contribution >= 4 is 11.3 Å². The summed E-state index contributed by atoms with van der Waals surface area (Å²) in [6, 6.07) is 17.1. The lowest BCUT2D eigenvalue weighted by Crippen LogP contribution is -1.94. The lowest BCUT2D eigenvalue weighted by molar-refractivity contribution is 0.478. The van der Waals surface area contributed by atoms with E-state index in [1.54, 1.807) is 11.4 Å². The normalized spacial score (nSPS) is 10.1. The molecule has 2 heteroatoms. The van der Waals surface area contributed by atoms with Crippen LogP contribution in [0.3, 0.4) is 0 Å². The van der Waals surface area contributed by atoms with Crippen molar-refractivity contribution < 1.29 is 5.11 Å². The minimum atomic E-state index is 0.361. The van der Waals surface area contributed by atoms with Crippen molar-refractivity contribution in [3.63, 3.8) is 0 Å². The first-order chi connectivity index (χ1) is 11.6. The summed E-state index contributed by atoms with van der Waals surface area (Å²) in [6.45, 7) is 6.67. The van der Waals surface area contributed by atoms with Crippen LogP contribution in [-0.4, -0.2) is 5.11 Å². The molecule has 0 bridgehead atoms. The zero-order valence-electron chi connectivity index (χ0n) is 14.8. The molecule has 0 spiro atoms. The summed E-state index contributed by atoms with van der Waals surface area (Å²) in [6.07, 6.45) is 3.70. The Labute approximate surface area is 149 Å². The molecule has 0 amide bonds. The quantitative estimate of drug-likeness (QED) is 0.556. The van der Waals surface area contributed by atoms with Crippen LogP contribution in [0.2, 0.25) is 0 Å². The van der Waals surface area contributed by atoms with E-state index in [1.807, 2.05) is 5.38 Å². The highest BCUT2D eigenvalue weighted by Gasteiger charge is 2.09. The molecular weight excluding hydrogens is 312 g/mol. The maximum atomic E-state index is 8.48. The molecule has 1 aromatic heterocycles. The topological polar surface area (TPSA) is 20.2 Å². The van der Waals surface area contributed by atoms with Gasteiger partial charge in [0, 0.05) is 5.38 Å². The van der Waals surface area contributed by atoms with E-state index in [1.165, 1.54) is 58.4 Å². The molecule has 2 aromatic carbocycles. The minimum Gasteiger partial charge on any atom is -0.507 e. The predicted octanol–water partition coefficient (Wildman–Crippen LogP) is 6.77. The van der Waals surface area contributed by atoms with Gasteiger partial charge in [-0.05, 0) is 66.0 Å². The number of hydrogen-bond donors (Lipinski definition) is 1. The average Bonchev–Trinajstić information content (AvgIpc) is 3.05. The van der Waals surface area contributed by atoms with Crippen LogP contribution in [0.25, 0.3) is 11.1 Å². The van der Waals surface area contributed by atoms with Gasteiger partial charge in [-0.25, -0.2) is 0 Å². The van der Waals surface area contributed by atoms with Crippen molar-refractivity contribution in [2.45, 2.75) is 40.0 Å². The number of rotatable bonds is 4. The van der Waals surface area contributed by atoms with Crippen LogP contribution in [0.15, 0.2) is 59.3 Å². The molecule has 1 nitrogen and oxygen atoms in total. The third-order valence-corrected chi connectivity index (χ3v) is 4.74. The van der Waals surface area contributed by atoms with Gasteiger partial charge in [-0.2, -0.15) is 0 Å². The minimum absolute atomic E-state index is 0.361. The summed E-state index contributed by atoms with van der Waals surface area (Å²) in [7, 11) is 0. The smallest absolute Gasteiger partial charge is 0.126 e. The Hall–Kier alpha value is -2.06. The van der Waals surface area contributed by atoms with E-state index in [-0.39, 0.29) is 0 Å². The fraction of sp³-hybridized carbons (Fsp3) is 0.273. The molecule has 0 saturated heterocycles. The van der Waals surface area contributed by atoms with Crippen molar-refractivity contribution in [3.8, 4) is 16.9 Å². The van der Waals surface area contributed by atoms with Gasteiger partial charge in [-0.15, -0.1) is 11.3 Å². The molecule has 0 unspecified atom stereocenters. The molecule has 1 N–H and O–H groups in total. The Balaban J connectivity index is 0.000000292. The lowest BCUT2D eigenvalue weighted by atomic mass is 9.90. The van der Waals surface area contributed by atoms with Crippen LogP contribution in [0.4, 0.5) is 0 Å². The van der Waals surface area contributed by atoms with Crippen molar-refractivity contribution in [1.29, 1.82) is 0 Å². The predicted molar refractivity (Wildman–Crippen MR) is 106 cm³/mol. The van der Waals surface area contributed by atoms with E-state index in [0.717, 1.165) is 0 Å². The zero-order valence-corrected chi connectivity index (χ0v) is 15.6. The molecule has 1 heterocycles. The Kier molecular flexibility index (Phi) is 7.07. The largest absolute Gasteiger partial charge is 0.507 e. The maximum absolute atomic E-state index is 8.48. The molecule has 0 fully saturated rings. The van der Waals surface area contributed by atoms with Gasteiger partial charge < -0.3 is 5.11 Å². The van der Waals surface area contributed by atoms with Crippen molar-refractivity contribution in [2.75, 3.05) is 0 Å². The first kappa shape index (κ1) is 18.3. The van der Waals surface area contributed by atoms with Crippen LogP contribution in [0, 0.1) is 13.8 Å². The Morgan fingerprint density at radius 2 is 1.62 bits per heavy atom. The van der Waals surface area contributed by atoms with E-state index < -0.39 is 0 Å². The summed E-state index contributed by atoms with van der Waals surface area (Å²) in [4.78, 5) is 0. The summed E-state index contributed by atoms with van der Waals surface area (Å²) >= 11 is 1.49. The fourth-order valence-corrected chi connectivity index (χ4v) is 3.36. The van der Waals surface area contributed by atoms with E-state index >= 15 is 0 Å². The Morgan fingerprint density at radius 1 is 0.917 bits per heavy atom. The van der Waals surface area contributed by atoms with E-state index in [9.17, 15) is 0 Å². The van der Waals surface area contributed by atoms with E-state index in [2.05, 4.69) is 63.2 Å². The standard InChI is InChI=1S/C18H22.C4H4OS/c1-4-5-11-16-12-6-7-13-17(16)18-14(2)9-8-10-15(18)3;5-4-1-2-6-3-4/h6-10,12-13H,4-5,11H2,1-3H3;1-3,5H. The number of aromatic hydroxyl groups is 1. The molecule has 0 atom stereocenters. The molecule has 126 valence electrons. The van der Waals surface area contributed by atoms with Gasteiger partial charge in [-0.3, -0.25) is 0 Å². The van der Waals surface area contributed by atoms with Crippen molar-refractivity contribution in [2.24, 2.45) is 0 Å². The highest BCUT2D eigenvalue weighted by Crippen LogP contribution is 2.30. The first-order valence-electron chi connectivity index (χ1n) is 8.49. The zero-order chi connectivity index (χ0) is 17.4. The fourth-order valence-electron chi connectivity index (χ4n) is 2.85. The molecule has 0 aliphatic carbocycles. The summed E-state index contributed by atoms with van der Waals surface area (Å²) in [5, 5.41) is 12.0. The molecule has 0 aliphatic heterocycles. The molecular formula is C22H26OS. The maximum Gasteiger partial charge on any atom is 0.126 e.